The molecule has 2 aliphatic heterocycles. The zero-order valence-electron chi connectivity index (χ0n) is 17.8. The van der Waals surface area contributed by atoms with Gasteiger partial charge in [-0.2, -0.15) is 13.2 Å². The summed E-state index contributed by atoms with van der Waals surface area (Å²) in [4.78, 5) is 50.0. The van der Waals surface area contributed by atoms with Gasteiger partial charge >= 0.3 is 6.18 Å². The lowest BCUT2D eigenvalue weighted by atomic mass is 10.0. The molecular formula is C22H17F3N6O3. The smallest absolute Gasteiger partial charge is 0.322 e. The number of hydrogen-bond donors (Lipinski definition) is 1. The molecule has 0 radical (unpaired) electrons. The summed E-state index contributed by atoms with van der Waals surface area (Å²) in [7, 11) is 1.24. The monoisotopic (exact) mass is 470 g/mol. The van der Waals surface area contributed by atoms with Gasteiger partial charge in [-0.15, -0.1) is 0 Å². The largest absolute Gasteiger partial charge is 0.449 e. The molecule has 0 spiro atoms. The number of halogens is 3. The van der Waals surface area contributed by atoms with Crippen molar-refractivity contribution in [1.82, 2.24) is 29.7 Å². The minimum Gasteiger partial charge on any atom is -0.322 e. The number of benzene rings is 1. The first kappa shape index (κ1) is 21.7. The van der Waals surface area contributed by atoms with Gasteiger partial charge in [-0.25, -0.2) is 15.0 Å². The van der Waals surface area contributed by atoms with Gasteiger partial charge in [0, 0.05) is 43.5 Å². The van der Waals surface area contributed by atoms with E-state index in [0.717, 1.165) is 4.57 Å². The molecule has 1 unspecified atom stereocenters. The fourth-order valence-electron chi connectivity index (χ4n) is 4.35. The minimum absolute atomic E-state index is 0.0238. The van der Waals surface area contributed by atoms with Gasteiger partial charge in [0.15, 0.2) is 5.82 Å². The first-order valence-electron chi connectivity index (χ1n) is 10.3. The molecular weight excluding hydrogens is 453 g/mol. The van der Waals surface area contributed by atoms with E-state index in [0.29, 0.717) is 16.7 Å². The Morgan fingerprint density at radius 3 is 2.53 bits per heavy atom. The van der Waals surface area contributed by atoms with Gasteiger partial charge in [0.25, 0.3) is 5.91 Å². The van der Waals surface area contributed by atoms with Gasteiger partial charge in [0.2, 0.25) is 17.6 Å². The van der Waals surface area contributed by atoms with Crippen LogP contribution in [-0.4, -0.2) is 48.2 Å². The number of imidazole rings is 1. The molecule has 1 aromatic carbocycles. The number of carbonyl (C=O) groups is 3. The standard InChI is InChI=1S/C22H17F3N6O3/c1-30-17(18-26-7-2-8-27-18)16(29-21(30)22(23,24)25)11-3-4-13-12(9-11)10-31(20(13)34)14-5-6-15(32)28-19(14)33/h2-4,7-9,14H,5-6,10H2,1H3,(H,28,32,33). The number of rotatable bonds is 3. The molecule has 3 amide bonds. The van der Waals surface area contributed by atoms with E-state index in [2.05, 4.69) is 20.3 Å². The van der Waals surface area contributed by atoms with Crippen LogP contribution in [0.15, 0.2) is 36.7 Å². The number of aromatic nitrogens is 4. The molecule has 4 heterocycles. The zero-order chi connectivity index (χ0) is 24.2. The molecule has 0 bridgehead atoms. The Morgan fingerprint density at radius 1 is 1.12 bits per heavy atom. The van der Waals surface area contributed by atoms with Crippen LogP contribution in [0.4, 0.5) is 13.2 Å². The molecule has 2 aromatic heterocycles. The van der Waals surface area contributed by atoms with Crippen molar-refractivity contribution in [3.63, 3.8) is 0 Å². The number of nitrogens with zero attached hydrogens (tertiary/aromatic N) is 5. The lowest BCUT2D eigenvalue weighted by Gasteiger charge is -2.29. The summed E-state index contributed by atoms with van der Waals surface area (Å²) in [6, 6.07) is 5.37. The van der Waals surface area contributed by atoms with Crippen molar-refractivity contribution < 1.29 is 27.6 Å². The van der Waals surface area contributed by atoms with Crippen LogP contribution in [0.25, 0.3) is 22.8 Å². The maximum absolute atomic E-state index is 13.6. The molecule has 1 fully saturated rings. The molecule has 1 atom stereocenters. The van der Waals surface area contributed by atoms with E-state index in [1.165, 1.54) is 36.5 Å². The number of nitrogens with one attached hydrogen (secondary N) is 1. The molecule has 34 heavy (non-hydrogen) atoms. The summed E-state index contributed by atoms with van der Waals surface area (Å²) in [5.74, 6) is -2.34. The summed E-state index contributed by atoms with van der Waals surface area (Å²) in [5.41, 5.74) is 1.35. The van der Waals surface area contributed by atoms with E-state index in [9.17, 15) is 27.6 Å². The van der Waals surface area contributed by atoms with Crippen LogP contribution in [-0.2, 0) is 29.4 Å². The average molecular weight is 470 g/mol. The fraction of sp³-hybridized carbons (Fsp3) is 0.273. The van der Waals surface area contributed by atoms with Gasteiger partial charge < -0.3 is 9.47 Å². The molecule has 0 saturated carbocycles. The Kier molecular flexibility index (Phi) is 4.95. The van der Waals surface area contributed by atoms with Crippen LogP contribution in [0.2, 0.25) is 0 Å². The van der Waals surface area contributed by atoms with E-state index >= 15 is 0 Å². The van der Waals surface area contributed by atoms with E-state index < -0.39 is 23.9 Å². The van der Waals surface area contributed by atoms with Gasteiger partial charge in [-0.3, -0.25) is 19.7 Å². The van der Waals surface area contributed by atoms with Crippen molar-refractivity contribution in [2.75, 3.05) is 0 Å². The Balaban J connectivity index is 1.56. The molecule has 0 aliphatic carbocycles. The normalized spacial score (nSPS) is 18.3. The van der Waals surface area contributed by atoms with Gasteiger partial charge in [0.05, 0.1) is 0 Å². The summed E-state index contributed by atoms with van der Waals surface area (Å²) in [6.07, 6.45) is -1.53. The predicted molar refractivity (Wildman–Crippen MR) is 111 cm³/mol. The lowest BCUT2D eigenvalue weighted by molar-refractivity contribution is -0.146. The summed E-state index contributed by atoms with van der Waals surface area (Å²) in [5, 5.41) is 2.23. The summed E-state index contributed by atoms with van der Waals surface area (Å²) < 4.78 is 41.8. The van der Waals surface area contributed by atoms with Crippen molar-refractivity contribution in [3.8, 4) is 22.8 Å². The van der Waals surface area contributed by atoms with E-state index in [4.69, 9.17) is 0 Å². The molecule has 1 saturated heterocycles. The molecule has 9 nitrogen and oxygen atoms in total. The third-order valence-electron chi connectivity index (χ3n) is 5.92. The molecule has 174 valence electrons. The van der Waals surface area contributed by atoms with Crippen molar-refractivity contribution in [1.29, 1.82) is 0 Å². The second kappa shape index (κ2) is 7.75. The highest BCUT2D eigenvalue weighted by Gasteiger charge is 2.41. The van der Waals surface area contributed by atoms with Crippen LogP contribution < -0.4 is 5.32 Å². The number of alkyl halides is 3. The Labute approximate surface area is 190 Å². The molecule has 1 N–H and O–H groups in total. The summed E-state index contributed by atoms with van der Waals surface area (Å²) >= 11 is 0. The quantitative estimate of drug-likeness (QED) is 0.589. The molecule has 3 aromatic rings. The van der Waals surface area contributed by atoms with Crippen molar-refractivity contribution in [2.24, 2.45) is 7.05 Å². The number of amides is 3. The lowest BCUT2D eigenvalue weighted by Crippen LogP contribution is -2.52. The number of hydrogen-bond acceptors (Lipinski definition) is 6. The van der Waals surface area contributed by atoms with Crippen molar-refractivity contribution in [2.45, 2.75) is 31.6 Å². The number of imide groups is 1. The third kappa shape index (κ3) is 3.51. The minimum atomic E-state index is -4.70. The Hall–Kier alpha value is -4.09. The first-order valence-corrected chi connectivity index (χ1v) is 10.3. The van der Waals surface area contributed by atoms with E-state index in [1.54, 1.807) is 12.1 Å². The first-order chi connectivity index (χ1) is 16.1. The van der Waals surface area contributed by atoms with Crippen LogP contribution in [0, 0.1) is 0 Å². The zero-order valence-corrected chi connectivity index (χ0v) is 17.8. The number of piperidine rings is 1. The van der Waals surface area contributed by atoms with Crippen LogP contribution >= 0.6 is 0 Å². The topological polar surface area (TPSA) is 110 Å². The molecule has 12 heteroatoms. The van der Waals surface area contributed by atoms with E-state index in [1.807, 2.05) is 0 Å². The maximum Gasteiger partial charge on any atom is 0.449 e. The second-order valence-corrected chi connectivity index (χ2v) is 8.03. The second-order valence-electron chi connectivity index (χ2n) is 8.03. The number of fused-ring (bicyclic) bond motifs is 1. The van der Waals surface area contributed by atoms with Gasteiger partial charge in [-0.05, 0) is 30.2 Å². The Morgan fingerprint density at radius 2 is 1.85 bits per heavy atom. The predicted octanol–water partition coefficient (Wildman–Crippen LogP) is 2.32. The van der Waals surface area contributed by atoms with Crippen LogP contribution in [0.5, 0.6) is 0 Å². The highest BCUT2D eigenvalue weighted by atomic mass is 19.4. The van der Waals surface area contributed by atoms with Gasteiger partial charge in [-0.1, -0.05) is 6.07 Å². The van der Waals surface area contributed by atoms with Gasteiger partial charge in [0.1, 0.15) is 17.4 Å². The average Bonchev–Trinajstić information content (AvgIpc) is 3.31. The fourth-order valence-corrected chi connectivity index (χ4v) is 4.35. The van der Waals surface area contributed by atoms with Crippen LogP contribution in [0.3, 0.4) is 0 Å². The molecule has 2 aliphatic rings. The Bertz CT molecular complexity index is 1340. The van der Waals surface area contributed by atoms with Crippen molar-refractivity contribution >= 4 is 17.7 Å². The molecule has 5 rings (SSSR count). The number of carbonyl (C=O) groups excluding carboxylic acids is 3. The maximum atomic E-state index is 13.6. The highest BCUT2D eigenvalue weighted by Crippen LogP contribution is 2.38. The SMILES string of the molecule is Cn1c(C(F)(F)F)nc(-c2ccc3c(c2)CN(C2CCC(=O)NC2=O)C3=O)c1-c1ncccn1. The highest BCUT2D eigenvalue weighted by molar-refractivity contribution is 6.05. The third-order valence-corrected chi connectivity index (χ3v) is 5.92. The van der Waals surface area contributed by atoms with E-state index in [-0.39, 0.29) is 48.4 Å². The van der Waals surface area contributed by atoms with Crippen molar-refractivity contribution in [3.05, 3.63) is 53.6 Å². The van der Waals surface area contributed by atoms with Crippen LogP contribution in [0.1, 0.15) is 34.6 Å². The summed E-state index contributed by atoms with van der Waals surface area (Å²) in [6.45, 7) is 0.0877.